The number of methoxy groups -OCH3 is 1. The summed E-state index contributed by atoms with van der Waals surface area (Å²) in [5.74, 6) is 0.605. The number of carbonyl (C=O) groups is 1. The van der Waals surface area contributed by atoms with Crippen LogP contribution in [0.2, 0.25) is 0 Å². The fourth-order valence-electron chi connectivity index (χ4n) is 2.39. The van der Waals surface area contributed by atoms with E-state index in [9.17, 15) is 4.79 Å². The lowest BCUT2D eigenvalue weighted by Gasteiger charge is -2.24. The van der Waals surface area contributed by atoms with Crippen LogP contribution >= 0.6 is 0 Å². The fourth-order valence-corrected chi connectivity index (χ4v) is 2.39. The van der Waals surface area contributed by atoms with Crippen LogP contribution in [0.3, 0.4) is 0 Å². The topological polar surface area (TPSA) is 29.5 Å². The first kappa shape index (κ1) is 14.1. The quantitative estimate of drug-likeness (QED) is 0.786. The average Bonchev–Trinajstić information content (AvgIpc) is 2.46. The molecule has 0 aliphatic carbocycles. The zero-order valence-electron chi connectivity index (χ0n) is 12.3. The highest BCUT2D eigenvalue weighted by molar-refractivity contribution is 6.03. The molecular formula is C17H19NO2. The Bertz CT molecular complexity index is 635. The lowest BCUT2D eigenvalue weighted by Crippen LogP contribution is -2.15. The molecule has 0 saturated heterocycles. The summed E-state index contributed by atoms with van der Waals surface area (Å²) in [6.07, 6.45) is 0. The van der Waals surface area contributed by atoms with Crippen LogP contribution in [0.15, 0.2) is 42.5 Å². The van der Waals surface area contributed by atoms with E-state index in [4.69, 9.17) is 4.74 Å². The average molecular weight is 269 g/mol. The number of anilines is 2. The van der Waals surface area contributed by atoms with Gasteiger partial charge in [-0.1, -0.05) is 24.3 Å². The van der Waals surface area contributed by atoms with Gasteiger partial charge in [0, 0.05) is 12.7 Å². The highest BCUT2D eigenvalue weighted by Crippen LogP contribution is 2.34. The van der Waals surface area contributed by atoms with Crippen molar-refractivity contribution < 1.29 is 9.53 Å². The Kier molecular flexibility index (Phi) is 4.08. The van der Waals surface area contributed by atoms with Gasteiger partial charge in [-0.25, -0.2) is 0 Å². The van der Waals surface area contributed by atoms with Crippen molar-refractivity contribution in [2.45, 2.75) is 13.8 Å². The lowest BCUT2D eigenvalue weighted by molar-refractivity contribution is 0.101. The molecule has 0 aliphatic heterocycles. The van der Waals surface area contributed by atoms with Crippen LogP contribution in [0.1, 0.15) is 22.8 Å². The van der Waals surface area contributed by atoms with E-state index in [1.807, 2.05) is 48.3 Å². The molecule has 0 aliphatic rings. The largest absolute Gasteiger partial charge is 0.496 e. The molecule has 0 heterocycles. The van der Waals surface area contributed by atoms with Gasteiger partial charge in [0.05, 0.1) is 18.4 Å². The van der Waals surface area contributed by atoms with Crippen molar-refractivity contribution in [1.82, 2.24) is 0 Å². The number of ether oxygens (including phenoxy) is 1. The predicted molar refractivity (Wildman–Crippen MR) is 82.2 cm³/mol. The van der Waals surface area contributed by atoms with Gasteiger partial charge in [-0.2, -0.15) is 0 Å². The van der Waals surface area contributed by atoms with Gasteiger partial charge in [-0.05, 0) is 37.6 Å². The number of aryl methyl sites for hydroxylation is 1. The summed E-state index contributed by atoms with van der Waals surface area (Å²) in [5, 5.41) is 0. The van der Waals surface area contributed by atoms with Crippen molar-refractivity contribution in [3.63, 3.8) is 0 Å². The van der Waals surface area contributed by atoms with Crippen molar-refractivity contribution in [2.75, 3.05) is 19.1 Å². The van der Waals surface area contributed by atoms with Gasteiger partial charge in [-0.3, -0.25) is 4.79 Å². The Morgan fingerprint density at radius 2 is 1.70 bits per heavy atom. The van der Waals surface area contributed by atoms with E-state index in [1.54, 1.807) is 14.0 Å². The normalized spacial score (nSPS) is 10.2. The van der Waals surface area contributed by atoms with Crippen LogP contribution in [-0.4, -0.2) is 19.9 Å². The van der Waals surface area contributed by atoms with Gasteiger partial charge in [0.25, 0.3) is 0 Å². The van der Waals surface area contributed by atoms with Gasteiger partial charge >= 0.3 is 0 Å². The smallest absolute Gasteiger partial charge is 0.165 e. The maximum absolute atomic E-state index is 12.0. The predicted octanol–water partition coefficient (Wildman–Crippen LogP) is 3.97. The van der Waals surface area contributed by atoms with Crippen LogP contribution in [0, 0.1) is 6.92 Å². The molecular weight excluding hydrogens is 250 g/mol. The van der Waals surface area contributed by atoms with Crippen LogP contribution in [0.25, 0.3) is 0 Å². The summed E-state index contributed by atoms with van der Waals surface area (Å²) in [5.41, 5.74) is 3.70. The Balaban J connectivity index is 2.58. The summed E-state index contributed by atoms with van der Waals surface area (Å²) in [6.45, 7) is 3.62. The number of para-hydroxylation sites is 1. The third-order valence-corrected chi connectivity index (χ3v) is 3.41. The first-order valence-corrected chi connectivity index (χ1v) is 6.53. The Morgan fingerprint density at radius 3 is 2.30 bits per heavy atom. The van der Waals surface area contributed by atoms with E-state index >= 15 is 0 Å². The number of hydrogen-bond acceptors (Lipinski definition) is 3. The number of nitrogens with zero attached hydrogens (tertiary/aromatic N) is 1. The summed E-state index contributed by atoms with van der Waals surface area (Å²) < 4.78 is 5.32. The van der Waals surface area contributed by atoms with Gasteiger partial charge in [0.15, 0.2) is 5.78 Å². The number of benzene rings is 2. The minimum absolute atomic E-state index is 0.00196. The summed E-state index contributed by atoms with van der Waals surface area (Å²) in [7, 11) is 3.54. The van der Waals surface area contributed by atoms with E-state index < -0.39 is 0 Å². The van der Waals surface area contributed by atoms with E-state index in [0.717, 1.165) is 16.9 Å². The van der Waals surface area contributed by atoms with Crippen LogP contribution in [0.5, 0.6) is 5.75 Å². The van der Waals surface area contributed by atoms with E-state index in [-0.39, 0.29) is 5.78 Å². The van der Waals surface area contributed by atoms with Crippen molar-refractivity contribution in [3.8, 4) is 5.75 Å². The third-order valence-electron chi connectivity index (χ3n) is 3.41. The highest BCUT2D eigenvalue weighted by atomic mass is 16.5. The molecule has 0 unspecified atom stereocenters. The molecule has 0 spiro atoms. The Morgan fingerprint density at radius 1 is 1.05 bits per heavy atom. The molecule has 2 aromatic carbocycles. The second kappa shape index (κ2) is 5.78. The number of Topliss-reactive ketones (excluding diaryl/α,β-unsaturated/α-hetero) is 1. The molecule has 2 rings (SSSR count). The molecule has 0 atom stereocenters. The molecule has 3 nitrogen and oxygen atoms in total. The Labute approximate surface area is 119 Å². The first-order chi connectivity index (χ1) is 9.56. The number of rotatable bonds is 4. The molecule has 20 heavy (non-hydrogen) atoms. The van der Waals surface area contributed by atoms with Gasteiger partial charge in [0.2, 0.25) is 0 Å². The third kappa shape index (κ3) is 2.52. The molecule has 0 amide bonds. The number of ketones is 1. The van der Waals surface area contributed by atoms with Crippen molar-refractivity contribution in [2.24, 2.45) is 0 Å². The minimum atomic E-state index is -0.00196. The SMILES string of the molecule is COc1cccc(N(C)c2ccccc2C)c1C(C)=O. The monoisotopic (exact) mass is 269 g/mol. The molecule has 0 bridgehead atoms. The zero-order chi connectivity index (χ0) is 14.7. The minimum Gasteiger partial charge on any atom is -0.496 e. The van der Waals surface area contributed by atoms with Crippen molar-refractivity contribution in [1.29, 1.82) is 0 Å². The first-order valence-electron chi connectivity index (χ1n) is 6.53. The van der Waals surface area contributed by atoms with Gasteiger partial charge < -0.3 is 9.64 Å². The molecule has 3 heteroatoms. The molecule has 0 radical (unpaired) electrons. The summed E-state index contributed by atoms with van der Waals surface area (Å²) in [4.78, 5) is 14.0. The summed E-state index contributed by atoms with van der Waals surface area (Å²) >= 11 is 0. The van der Waals surface area contributed by atoms with E-state index in [1.165, 1.54) is 0 Å². The van der Waals surface area contributed by atoms with Crippen LogP contribution < -0.4 is 9.64 Å². The van der Waals surface area contributed by atoms with E-state index in [2.05, 4.69) is 13.0 Å². The second-order valence-corrected chi connectivity index (χ2v) is 4.76. The summed E-state index contributed by atoms with van der Waals surface area (Å²) in [6, 6.07) is 13.7. The maximum Gasteiger partial charge on any atom is 0.165 e. The molecule has 0 saturated carbocycles. The number of hydrogen-bond donors (Lipinski definition) is 0. The molecule has 0 aromatic heterocycles. The van der Waals surface area contributed by atoms with Crippen molar-refractivity contribution in [3.05, 3.63) is 53.6 Å². The zero-order valence-corrected chi connectivity index (χ0v) is 12.3. The molecule has 0 fully saturated rings. The molecule has 0 N–H and O–H groups in total. The fraction of sp³-hybridized carbons (Fsp3) is 0.235. The highest BCUT2D eigenvalue weighted by Gasteiger charge is 2.17. The number of carbonyl (C=O) groups excluding carboxylic acids is 1. The van der Waals surface area contributed by atoms with Gasteiger partial charge in [0.1, 0.15) is 5.75 Å². The van der Waals surface area contributed by atoms with Gasteiger partial charge in [-0.15, -0.1) is 0 Å². The van der Waals surface area contributed by atoms with Crippen LogP contribution in [0.4, 0.5) is 11.4 Å². The maximum atomic E-state index is 12.0. The Hall–Kier alpha value is -2.29. The molecule has 2 aromatic rings. The lowest BCUT2D eigenvalue weighted by atomic mass is 10.1. The molecule has 104 valence electrons. The van der Waals surface area contributed by atoms with Crippen molar-refractivity contribution >= 4 is 17.2 Å². The second-order valence-electron chi connectivity index (χ2n) is 4.76. The van der Waals surface area contributed by atoms with Crippen LogP contribution in [-0.2, 0) is 0 Å². The standard InChI is InChI=1S/C17H19NO2/c1-12-8-5-6-9-14(12)18(3)15-10-7-11-16(20-4)17(15)13(2)19/h5-11H,1-4H3. The van der Waals surface area contributed by atoms with E-state index in [0.29, 0.717) is 11.3 Å².